The first-order valence-electron chi connectivity index (χ1n) is 5.03. The van der Waals surface area contributed by atoms with E-state index in [4.69, 9.17) is 27.9 Å². The predicted molar refractivity (Wildman–Crippen MR) is 68.9 cm³/mol. The molecule has 0 saturated heterocycles. The molecule has 0 aliphatic rings. The Morgan fingerprint density at radius 3 is 2.41 bits per heavy atom. The second-order valence-corrected chi connectivity index (χ2v) is 4.21. The summed E-state index contributed by atoms with van der Waals surface area (Å²) < 4.78 is 5.64. The smallest absolute Gasteiger partial charge is 0.147 e. The number of hydrogen-bond donors (Lipinski definition) is 1. The van der Waals surface area contributed by atoms with Gasteiger partial charge < -0.3 is 9.84 Å². The summed E-state index contributed by atoms with van der Waals surface area (Å²) in [6.07, 6.45) is 0. The maximum atomic E-state index is 9.18. The maximum absolute atomic E-state index is 9.18. The largest absolute Gasteiger partial charge is 0.455 e. The zero-order valence-corrected chi connectivity index (χ0v) is 10.4. The van der Waals surface area contributed by atoms with Crippen molar-refractivity contribution in [3.8, 4) is 11.5 Å². The van der Waals surface area contributed by atoms with Gasteiger partial charge in [0.05, 0.1) is 11.6 Å². The van der Waals surface area contributed by atoms with E-state index >= 15 is 0 Å². The Hall–Kier alpha value is -1.22. The summed E-state index contributed by atoms with van der Waals surface area (Å²) >= 11 is 11.9. The van der Waals surface area contributed by atoms with Crippen LogP contribution in [0.25, 0.3) is 0 Å². The molecule has 0 aliphatic carbocycles. The van der Waals surface area contributed by atoms with Crippen LogP contribution in [0.1, 0.15) is 5.56 Å². The summed E-state index contributed by atoms with van der Waals surface area (Å²) in [7, 11) is 0. The lowest BCUT2D eigenvalue weighted by atomic mass is 10.2. The SMILES string of the molecule is OCc1ccccc1Oc1cccc(Cl)c1Cl. The molecule has 2 aromatic carbocycles. The van der Waals surface area contributed by atoms with E-state index in [1.54, 1.807) is 30.3 Å². The van der Waals surface area contributed by atoms with Gasteiger partial charge in [0, 0.05) is 5.56 Å². The Balaban J connectivity index is 2.35. The van der Waals surface area contributed by atoms with Gasteiger partial charge in [0.1, 0.15) is 16.5 Å². The summed E-state index contributed by atoms with van der Waals surface area (Å²) in [6.45, 7) is -0.0889. The molecule has 2 rings (SSSR count). The number of rotatable bonds is 3. The van der Waals surface area contributed by atoms with Crippen LogP contribution in [0.15, 0.2) is 42.5 Å². The van der Waals surface area contributed by atoms with E-state index in [9.17, 15) is 5.11 Å². The molecule has 0 unspecified atom stereocenters. The van der Waals surface area contributed by atoms with E-state index in [0.717, 1.165) is 0 Å². The predicted octanol–water partition coefficient (Wildman–Crippen LogP) is 4.28. The number of ether oxygens (including phenoxy) is 1. The Kier molecular flexibility index (Phi) is 3.89. The van der Waals surface area contributed by atoms with Crippen LogP contribution >= 0.6 is 23.2 Å². The highest BCUT2D eigenvalue weighted by molar-refractivity contribution is 6.42. The number of halogens is 2. The van der Waals surface area contributed by atoms with Gasteiger partial charge in [-0.15, -0.1) is 0 Å². The monoisotopic (exact) mass is 268 g/mol. The zero-order valence-electron chi connectivity index (χ0n) is 8.86. The van der Waals surface area contributed by atoms with E-state index in [2.05, 4.69) is 0 Å². The van der Waals surface area contributed by atoms with Crippen molar-refractivity contribution < 1.29 is 9.84 Å². The molecule has 0 aliphatic heterocycles. The molecular formula is C13H10Cl2O2. The third kappa shape index (κ3) is 2.72. The lowest BCUT2D eigenvalue weighted by Crippen LogP contribution is -1.91. The quantitative estimate of drug-likeness (QED) is 0.901. The molecule has 88 valence electrons. The Morgan fingerprint density at radius 1 is 0.941 bits per heavy atom. The van der Waals surface area contributed by atoms with Gasteiger partial charge in [-0.05, 0) is 18.2 Å². The van der Waals surface area contributed by atoms with Crippen molar-refractivity contribution in [1.29, 1.82) is 0 Å². The average Bonchev–Trinajstić information content (AvgIpc) is 2.35. The Morgan fingerprint density at radius 2 is 1.65 bits per heavy atom. The topological polar surface area (TPSA) is 29.5 Å². The second-order valence-electron chi connectivity index (χ2n) is 3.42. The fraction of sp³-hybridized carbons (Fsp3) is 0.0769. The molecule has 0 bridgehead atoms. The summed E-state index contributed by atoms with van der Waals surface area (Å²) in [5, 5.41) is 9.98. The van der Waals surface area contributed by atoms with Gasteiger partial charge in [-0.3, -0.25) is 0 Å². The van der Waals surface area contributed by atoms with Crippen LogP contribution in [-0.4, -0.2) is 5.11 Å². The molecular weight excluding hydrogens is 259 g/mol. The van der Waals surface area contributed by atoms with Crippen molar-refractivity contribution in [2.45, 2.75) is 6.61 Å². The number of aliphatic hydroxyl groups excluding tert-OH is 1. The van der Waals surface area contributed by atoms with Gasteiger partial charge in [0.2, 0.25) is 0 Å². The number of aliphatic hydroxyl groups is 1. The fourth-order valence-corrected chi connectivity index (χ4v) is 1.75. The Bertz CT molecular complexity index is 527. The standard InChI is InChI=1S/C13H10Cl2O2/c14-10-5-3-7-12(13(10)15)17-11-6-2-1-4-9(11)8-16/h1-7,16H,8H2. The van der Waals surface area contributed by atoms with Gasteiger partial charge in [0.15, 0.2) is 0 Å². The van der Waals surface area contributed by atoms with E-state index in [0.29, 0.717) is 27.1 Å². The van der Waals surface area contributed by atoms with Gasteiger partial charge in [-0.1, -0.05) is 47.5 Å². The summed E-state index contributed by atoms with van der Waals surface area (Å²) in [5.41, 5.74) is 0.698. The van der Waals surface area contributed by atoms with Crippen molar-refractivity contribution in [2.24, 2.45) is 0 Å². The van der Waals surface area contributed by atoms with Crippen LogP contribution in [0.2, 0.25) is 10.0 Å². The molecule has 0 saturated carbocycles. The minimum absolute atomic E-state index is 0.0889. The van der Waals surface area contributed by atoms with Crippen molar-refractivity contribution in [1.82, 2.24) is 0 Å². The molecule has 17 heavy (non-hydrogen) atoms. The number of para-hydroxylation sites is 1. The van der Waals surface area contributed by atoms with Crippen molar-refractivity contribution in [3.05, 3.63) is 58.1 Å². The maximum Gasteiger partial charge on any atom is 0.147 e. The fourth-order valence-electron chi connectivity index (χ4n) is 1.42. The van der Waals surface area contributed by atoms with E-state index in [1.807, 2.05) is 12.1 Å². The first-order valence-corrected chi connectivity index (χ1v) is 5.78. The normalized spacial score (nSPS) is 10.3. The summed E-state index contributed by atoms with van der Waals surface area (Å²) in [4.78, 5) is 0. The van der Waals surface area contributed by atoms with Crippen LogP contribution in [0.3, 0.4) is 0 Å². The molecule has 0 atom stereocenters. The minimum atomic E-state index is -0.0889. The second kappa shape index (κ2) is 5.41. The highest BCUT2D eigenvalue weighted by atomic mass is 35.5. The summed E-state index contributed by atoms with van der Waals surface area (Å²) in [6, 6.07) is 12.4. The third-order valence-electron chi connectivity index (χ3n) is 2.28. The van der Waals surface area contributed by atoms with Crippen LogP contribution in [0.4, 0.5) is 0 Å². The summed E-state index contributed by atoms with van der Waals surface area (Å²) in [5.74, 6) is 1.04. The van der Waals surface area contributed by atoms with E-state index in [-0.39, 0.29) is 6.61 Å². The zero-order chi connectivity index (χ0) is 12.3. The molecule has 0 radical (unpaired) electrons. The molecule has 2 nitrogen and oxygen atoms in total. The Labute approximate surface area is 109 Å². The highest BCUT2D eigenvalue weighted by Crippen LogP contribution is 2.35. The third-order valence-corrected chi connectivity index (χ3v) is 3.08. The van der Waals surface area contributed by atoms with Crippen molar-refractivity contribution in [3.63, 3.8) is 0 Å². The molecule has 4 heteroatoms. The van der Waals surface area contributed by atoms with Crippen LogP contribution in [-0.2, 0) is 6.61 Å². The number of benzene rings is 2. The van der Waals surface area contributed by atoms with E-state index in [1.165, 1.54) is 0 Å². The van der Waals surface area contributed by atoms with Gasteiger partial charge in [-0.2, -0.15) is 0 Å². The molecule has 0 amide bonds. The van der Waals surface area contributed by atoms with Gasteiger partial charge in [0.25, 0.3) is 0 Å². The first kappa shape index (κ1) is 12.2. The molecule has 1 N–H and O–H groups in total. The molecule has 0 aromatic heterocycles. The van der Waals surface area contributed by atoms with E-state index < -0.39 is 0 Å². The van der Waals surface area contributed by atoms with Crippen LogP contribution < -0.4 is 4.74 Å². The van der Waals surface area contributed by atoms with Gasteiger partial charge in [-0.25, -0.2) is 0 Å². The lowest BCUT2D eigenvalue weighted by molar-refractivity contribution is 0.276. The lowest BCUT2D eigenvalue weighted by Gasteiger charge is -2.11. The molecule has 0 spiro atoms. The first-order chi connectivity index (χ1) is 8.22. The van der Waals surface area contributed by atoms with Crippen LogP contribution in [0, 0.1) is 0 Å². The van der Waals surface area contributed by atoms with Gasteiger partial charge >= 0.3 is 0 Å². The molecule has 2 aromatic rings. The number of hydrogen-bond acceptors (Lipinski definition) is 2. The molecule has 0 heterocycles. The average molecular weight is 269 g/mol. The van der Waals surface area contributed by atoms with Crippen LogP contribution in [0.5, 0.6) is 11.5 Å². The molecule has 0 fully saturated rings. The minimum Gasteiger partial charge on any atom is -0.455 e. The van der Waals surface area contributed by atoms with Crippen molar-refractivity contribution in [2.75, 3.05) is 0 Å². The highest BCUT2D eigenvalue weighted by Gasteiger charge is 2.08. The van der Waals surface area contributed by atoms with Crippen molar-refractivity contribution >= 4 is 23.2 Å².